The minimum atomic E-state index is -0.0532. The Morgan fingerprint density at radius 1 is 1.50 bits per heavy atom. The van der Waals surface area contributed by atoms with E-state index in [1.807, 2.05) is 19.1 Å². The summed E-state index contributed by atoms with van der Waals surface area (Å²) < 4.78 is 5.41. The van der Waals surface area contributed by atoms with Crippen molar-refractivity contribution in [1.82, 2.24) is 10.2 Å². The Morgan fingerprint density at radius 3 is 2.81 bits per heavy atom. The molecule has 1 N–H and O–H groups in total. The lowest BCUT2D eigenvalue weighted by atomic mass is 10.3. The second-order valence-electron chi connectivity index (χ2n) is 3.95. The average molecular weight is 224 g/mol. The lowest BCUT2D eigenvalue weighted by Gasteiger charge is -2.16. The summed E-state index contributed by atoms with van der Waals surface area (Å²) in [4.78, 5) is 13.2. The van der Waals surface area contributed by atoms with E-state index in [1.165, 1.54) is 0 Å². The van der Waals surface area contributed by atoms with Crippen molar-refractivity contribution >= 4 is 6.03 Å². The van der Waals surface area contributed by atoms with E-state index in [0.29, 0.717) is 6.54 Å². The molecule has 2 amide bonds. The van der Waals surface area contributed by atoms with Gasteiger partial charge in [-0.15, -0.1) is 0 Å². The molecule has 16 heavy (non-hydrogen) atoms. The first-order chi connectivity index (χ1) is 7.63. The molecule has 0 radical (unpaired) electrons. The maximum Gasteiger partial charge on any atom is 0.317 e. The third kappa shape index (κ3) is 3.96. The molecule has 0 spiro atoms. The first kappa shape index (κ1) is 12.6. The highest BCUT2D eigenvalue weighted by Gasteiger charge is 2.09. The van der Waals surface area contributed by atoms with Gasteiger partial charge in [-0.3, -0.25) is 0 Å². The van der Waals surface area contributed by atoms with E-state index in [9.17, 15) is 4.79 Å². The fraction of sp³-hybridized carbons (Fsp3) is 0.583. The molecule has 1 rings (SSSR count). The van der Waals surface area contributed by atoms with Crippen LogP contribution in [0, 0.1) is 6.92 Å². The number of urea groups is 1. The fourth-order valence-corrected chi connectivity index (χ4v) is 1.38. The van der Waals surface area contributed by atoms with Crippen LogP contribution in [0.2, 0.25) is 0 Å². The minimum absolute atomic E-state index is 0.0532. The van der Waals surface area contributed by atoms with Crippen LogP contribution in [0.25, 0.3) is 0 Å². The number of hydrogen-bond donors (Lipinski definition) is 1. The van der Waals surface area contributed by atoms with Crippen LogP contribution in [0.1, 0.15) is 31.3 Å². The second kappa shape index (κ2) is 6.20. The predicted molar refractivity (Wildman–Crippen MR) is 63.2 cm³/mol. The quantitative estimate of drug-likeness (QED) is 0.781. The van der Waals surface area contributed by atoms with Gasteiger partial charge in [0.25, 0.3) is 0 Å². The Hall–Kier alpha value is -1.45. The first-order valence-corrected chi connectivity index (χ1v) is 5.67. The molecule has 90 valence electrons. The molecular formula is C12H20N2O2. The van der Waals surface area contributed by atoms with Gasteiger partial charge in [-0.2, -0.15) is 0 Å². The van der Waals surface area contributed by atoms with E-state index in [2.05, 4.69) is 12.2 Å². The SMILES string of the molecule is CCCCNC(=O)N(C)Cc1ccc(C)o1. The minimum Gasteiger partial charge on any atom is -0.464 e. The molecule has 1 heterocycles. The zero-order valence-electron chi connectivity index (χ0n) is 10.2. The number of furan rings is 1. The Bertz CT molecular complexity index is 334. The van der Waals surface area contributed by atoms with Crippen LogP contribution < -0.4 is 5.32 Å². The first-order valence-electron chi connectivity index (χ1n) is 5.67. The van der Waals surface area contributed by atoms with Crippen LogP contribution in [0.15, 0.2) is 16.5 Å². The van der Waals surface area contributed by atoms with Crippen molar-refractivity contribution in [1.29, 1.82) is 0 Å². The molecule has 0 unspecified atom stereocenters. The molecule has 1 aromatic heterocycles. The van der Waals surface area contributed by atoms with Gasteiger partial charge >= 0.3 is 6.03 Å². The van der Waals surface area contributed by atoms with Crippen LogP contribution in [-0.4, -0.2) is 24.5 Å². The summed E-state index contributed by atoms with van der Waals surface area (Å²) in [6.07, 6.45) is 2.10. The fourth-order valence-electron chi connectivity index (χ4n) is 1.38. The Balaban J connectivity index is 2.34. The van der Waals surface area contributed by atoms with Crippen molar-refractivity contribution in [2.45, 2.75) is 33.2 Å². The zero-order chi connectivity index (χ0) is 12.0. The van der Waals surface area contributed by atoms with Gasteiger partial charge in [0.15, 0.2) is 0 Å². The largest absolute Gasteiger partial charge is 0.464 e. The number of nitrogens with one attached hydrogen (secondary N) is 1. The highest BCUT2D eigenvalue weighted by Crippen LogP contribution is 2.08. The summed E-state index contributed by atoms with van der Waals surface area (Å²) in [5.74, 6) is 1.68. The second-order valence-corrected chi connectivity index (χ2v) is 3.95. The number of aryl methyl sites for hydroxylation is 1. The van der Waals surface area contributed by atoms with Crippen LogP contribution in [0.5, 0.6) is 0 Å². The van der Waals surface area contributed by atoms with Crippen molar-refractivity contribution in [2.75, 3.05) is 13.6 Å². The summed E-state index contributed by atoms with van der Waals surface area (Å²) in [6.45, 7) is 5.23. The lowest BCUT2D eigenvalue weighted by molar-refractivity contribution is 0.202. The van der Waals surface area contributed by atoms with Crippen molar-refractivity contribution in [2.24, 2.45) is 0 Å². The smallest absolute Gasteiger partial charge is 0.317 e. The molecule has 4 heteroatoms. The van der Waals surface area contributed by atoms with Crippen LogP contribution in [0.4, 0.5) is 4.79 Å². The zero-order valence-corrected chi connectivity index (χ0v) is 10.2. The molecular weight excluding hydrogens is 204 g/mol. The third-order valence-electron chi connectivity index (χ3n) is 2.34. The van der Waals surface area contributed by atoms with Gasteiger partial charge in [0.2, 0.25) is 0 Å². The van der Waals surface area contributed by atoms with Gasteiger partial charge in [-0.05, 0) is 25.5 Å². The number of carbonyl (C=O) groups is 1. The van der Waals surface area contributed by atoms with Gasteiger partial charge in [0, 0.05) is 13.6 Å². The number of rotatable bonds is 5. The number of carbonyl (C=O) groups excluding carboxylic acids is 1. The van der Waals surface area contributed by atoms with E-state index in [1.54, 1.807) is 11.9 Å². The molecule has 4 nitrogen and oxygen atoms in total. The van der Waals surface area contributed by atoms with Gasteiger partial charge in [-0.1, -0.05) is 13.3 Å². The van der Waals surface area contributed by atoms with E-state index in [0.717, 1.165) is 30.9 Å². The number of nitrogens with zero attached hydrogens (tertiary/aromatic N) is 1. The molecule has 0 saturated heterocycles. The molecule has 1 aromatic rings. The van der Waals surface area contributed by atoms with E-state index < -0.39 is 0 Å². The molecule has 0 bridgehead atoms. The maximum absolute atomic E-state index is 11.6. The van der Waals surface area contributed by atoms with Gasteiger partial charge in [0.1, 0.15) is 11.5 Å². The Kier molecular flexibility index (Phi) is 4.89. The molecule has 0 fully saturated rings. The normalized spacial score (nSPS) is 10.2. The molecule has 0 saturated carbocycles. The van der Waals surface area contributed by atoms with E-state index >= 15 is 0 Å². The van der Waals surface area contributed by atoms with Crippen LogP contribution in [-0.2, 0) is 6.54 Å². The summed E-state index contributed by atoms with van der Waals surface area (Å²) in [5, 5.41) is 2.86. The predicted octanol–water partition coefficient (Wildman–Crippen LogP) is 2.53. The summed E-state index contributed by atoms with van der Waals surface area (Å²) in [5.41, 5.74) is 0. The molecule has 0 aliphatic carbocycles. The molecule has 0 atom stereocenters. The van der Waals surface area contributed by atoms with E-state index in [4.69, 9.17) is 4.42 Å². The van der Waals surface area contributed by atoms with Crippen LogP contribution >= 0.6 is 0 Å². The number of amides is 2. The average Bonchev–Trinajstić information content (AvgIpc) is 2.64. The highest BCUT2D eigenvalue weighted by atomic mass is 16.3. The topological polar surface area (TPSA) is 45.5 Å². The summed E-state index contributed by atoms with van der Waals surface area (Å²) >= 11 is 0. The Morgan fingerprint density at radius 2 is 2.25 bits per heavy atom. The Labute approximate surface area is 96.6 Å². The third-order valence-corrected chi connectivity index (χ3v) is 2.34. The lowest BCUT2D eigenvalue weighted by Crippen LogP contribution is -2.37. The van der Waals surface area contributed by atoms with E-state index in [-0.39, 0.29) is 6.03 Å². The standard InChI is InChI=1S/C12H20N2O2/c1-4-5-8-13-12(15)14(3)9-11-7-6-10(2)16-11/h6-7H,4-5,8-9H2,1-3H3,(H,13,15). The molecule has 0 aliphatic rings. The van der Waals surface area contributed by atoms with Gasteiger partial charge in [0.05, 0.1) is 6.54 Å². The monoisotopic (exact) mass is 224 g/mol. The number of hydrogen-bond acceptors (Lipinski definition) is 2. The van der Waals surface area contributed by atoms with Gasteiger partial charge in [-0.25, -0.2) is 4.79 Å². The molecule has 0 aromatic carbocycles. The van der Waals surface area contributed by atoms with Crippen molar-refractivity contribution < 1.29 is 9.21 Å². The van der Waals surface area contributed by atoms with Gasteiger partial charge < -0.3 is 14.6 Å². The van der Waals surface area contributed by atoms with Crippen molar-refractivity contribution in [3.63, 3.8) is 0 Å². The number of unbranched alkanes of at least 4 members (excludes halogenated alkanes) is 1. The maximum atomic E-state index is 11.6. The summed E-state index contributed by atoms with van der Waals surface area (Å²) in [7, 11) is 1.76. The highest BCUT2D eigenvalue weighted by molar-refractivity contribution is 5.73. The van der Waals surface area contributed by atoms with Crippen molar-refractivity contribution in [3.05, 3.63) is 23.7 Å². The van der Waals surface area contributed by atoms with Crippen molar-refractivity contribution in [3.8, 4) is 0 Å². The molecule has 0 aliphatic heterocycles. The summed E-state index contributed by atoms with van der Waals surface area (Å²) in [6, 6.07) is 3.74. The van der Waals surface area contributed by atoms with Crippen LogP contribution in [0.3, 0.4) is 0 Å².